The fraction of sp³-hybridized carbons (Fsp3) is 0.250. The first-order valence-electron chi connectivity index (χ1n) is 8.03. The van der Waals surface area contributed by atoms with E-state index >= 15 is 0 Å². The van der Waals surface area contributed by atoms with Crippen molar-refractivity contribution >= 4 is 17.1 Å². The Kier molecular flexibility index (Phi) is 3.93. The molecule has 0 fully saturated rings. The van der Waals surface area contributed by atoms with Crippen molar-refractivity contribution in [3.05, 3.63) is 71.1 Å². The van der Waals surface area contributed by atoms with Gasteiger partial charge in [-0.25, -0.2) is 14.6 Å². The second-order valence-electron chi connectivity index (χ2n) is 6.74. The largest absolute Gasteiger partial charge is 0.829 e. The van der Waals surface area contributed by atoms with Crippen LogP contribution in [0.3, 0.4) is 0 Å². The molecule has 24 heavy (non-hydrogen) atoms. The van der Waals surface area contributed by atoms with Crippen LogP contribution in [-0.4, -0.2) is 36.6 Å². The first kappa shape index (κ1) is 16.3. The number of quaternary nitrogens is 1. The average molecular weight is 321 g/mol. The van der Waals surface area contributed by atoms with Gasteiger partial charge in [0.25, 0.3) is 0 Å². The van der Waals surface area contributed by atoms with Crippen LogP contribution in [0.2, 0.25) is 0 Å². The highest BCUT2D eigenvalue weighted by Gasteiger charge is 2.39. The lowest BCUT2D eigenvalue weighted by Gasteiger charge is -2.35. The summed E-state index contributed by atoms with van der Waals surface area (Å²) >= 11 is 0. The van der Waals surface area contributed by atoms with Crippen LogP contribution in [-0.2, 0) is 0 Å². The van der Waals surface area contributed by atoms with E-state index in [9.17, 15) is 5.11 Å². The zero-order valence-electron chi connectivity index (χ0n) is 14.9. The predicted octanol–water partition coefficient (Wildman–Crippen LogP) is 3.00. The van der Waals surface area contributed by atoms with Crippen LogP contribution in [0.4, 0.5) is 5.69 Å². The van der Waals surface area contributed by atoms with Crippen LogP contribution in [0, 0.1) is 13.8 Å². The lowest BCUT2D eigenvalue weighted by Crippen LogP contribution is -2.51. The molecule has 1 aliphatic heterocycles. The molecular formula is C20H23N3O. The van der Waals surface area contributed by atoms with Crippen LogP contribution in [0.1, 0.15) is 16.7 Å². The maximum atomic E-state index is 13.0. The number of rotatable bonds is 2. The standard InChI is InChI=1S/C20H23N3O/c1-14-9-11-16(12-10-14)18-19(22(3)23(4,5)20(18)24)21-17-8-6-7-15(2)13-17/h6-13H,1-5H3. The van der Waals surface area contributed by atoms with Gasteiger partial charge in [0, 0.05) is 0 Å². The van der Waals surface area contributed by atoms with Gasteiger partial charge >= 0.3 is 0 Å². The van der Waals surface area contributed by atoms with Crippen molar-refractivity contribution in [2.24, 2.45) is 4.99 Å². The summed E-state index contributed by atoms with van der Waals surface area (Å²) in [4.78, 5) is 4.80. The molecule has 1 aliphatic rings. The zero-order valence-corrected chi connectivity index (χ0v) is 14.9. The summed E-state index contributed by atoms with van der Waals surface area (Å²) in [6.45, 7) is 4.08. The van der Waals surface area contributed by atoms with Crippen LogP contribution < -0.4 is 5.11 Å². The first-order chi connectivity index (χ1) is 11.3. The minimum Gasteiger partial charge on any atom is -0.829 e. The molecule has 2 aromatic rings. The van der Waals surface area contributed by atoms with Crippen LogP contribution in [0.5, 0.6) is 0 Å². The molecule has 0 saturated heterocycles. The van der Waals surface area contributed by atoms with Gasteiger partial charge in [-0.2, -0.15) is 0 Å². The van der Waals surface area contributed by atoms with Crippen molar-refractivity contribution in [1.82, 2.24) is 5.01 Å². The van der Waals surface area contributed by atoms with Crippen LogP contribution >= 0.6 is 0 Å². The smallest absolute Gasteiger partial charge is 0.190 e. The Morgan fingerprint density at radius 1 is 0.958 bits per heavy atom. The Balaban J connectivity index is 2.17. The number of likely N-dealkylation sites (N-methyl/N-ethyl adjacent to an activating group) is 1. The third kappa shape index (κ3) is 2.69. The van der Waals surface area contributed by atoms with Crippen LogP contribution in [0.15, 0.2) is 59.4 Å². The summed E-state index contributed by atoms with van der Waals surface area (Å²) in [6.07, 6.45) is 0. The molecule has 1 heterocycles. The van der Waals surface area contributed by atoms with E-state index in [1.807, 2.05) is 88.5 Å². The fourth-order valence-electron chi connectivity index (χ4n) is 2.82. The lowest BCUT2D eigenvalue weighted by molar-refractivity contribution is -0.984. The number of amidine groups is 1. The van der Waals surface area contributed by atoms with E-state index in [-0.39, 0.29) is 10.5 Å². The van der Waals surface area contributed by atoms with Crippen molar-refractivity contribution in [3.63, 3.8) is 0 Å². The summed E-state index contributed by atoms with van der Waals surface area (Å²) < 4.78 is 0.133. The van der Waals surface area contributed by atoms with E-state index < -0.39 is 0 Å². The maximum absolute atomic E-state index is 13.0. The highest BCUT2D eigenvalue weighted by Crippen LogP contribution is 2.34. The molecule has 0 aliphatic carbocycles. The normalized spacial score (nSPS) is 18.5. The van der Waals surface area contributed by atoms with Gasteiger partial charge in [0.05, 0.1) is 32.4 Å². The Morgan fingerprint density at radius 2 is 1.62 bits per heavy atom. The SMILES string of the molecule is Cc1ccc(C2=C([O-])[N+](C)(C)N(C)C2=Nc2cccc(C)c2)cc1. The first-order valence-corrected chi connectivity index (χ1v) is 8.03. The zero-order chi connectivity index (χ0) is 17.5. The molecule has 0 bridgehead atoms. The van der Waals surface area contributed by atoms with E-state index in [1.54, 1.807) is 0 Å². The summed E-state index contributed by atoms with van der Waals surface area (Å²) in [5.74, 6) is 0.757. The maximum Gasteiger partial charge on any atom is 0.190 e. The van der Waals surface area contributed by atoms with E-state index in [1.165, 1.54) is 5.56 Å². The third-order valence-electron chi connectivity index (χ3n) is 4.57. The van der Waals surface area contributed by atoms with E-state index in [0.29, 0.717) is 11.4 Å². The van der Waals surface area contributed by atoms with Crippen molar-refractivity contribution < 1.29 is 9.70 Å². The molecule has 4 nitrogen and oxygen atoms in total. The molecule has 2 aromatic carbocycles. The highest BCUT2D eigenvalue weighted by molar-refractivity contribution is 6.24. The molecule has 0 amide bonds. The number of benzene rings is 2. The minimum atomic E-state index is 0.0488. The Bertz CT molecular complexity index is 832. The topological polar surface area (TPSA) is 38.7 Å². The Hall–Kier alpha value is -2.59. The fourth-order valence-corrected chi connectivity index (χ4v) is 2.82. The van der Waals surface area contributed by atoms with Gasteiger partial charge in [-0.05, 0) is 37.1 Å². The second-order valence-corrected chi connectivity index (χ2v) is 6.74. The molecule has 0 atom stereocenters. The molecule has 3 rings (SSSR count). The number of aliphatic imine (C=N–C) groups is 1. The second kappa shape index (κ2) is 5.80. The number of aryl methyl sites for hydroxylation is 2. The predicted molar refractivity (Wildman–Crippen MR) is 96.2 cm³/mol. The van der Waals surface area contributed by atoms with Gasteiger partial charge in [0.15, 0.2) is 5.84 Å². The monoisotopic (exact) mass is 321 g/mol. The van der Waals surface area contributed by atoms with E-state index in [0.717, 1.165) is 16.8 Å². The van der Waals surface area contributed by atoms with Gasteiger partial charge in [0.1, 0.15) is 5.88 Å². The quantitative estimate of drug-likeness (QED) is 0.798. The lowest BCUT2D eigenvalue weighted by atomic mass is 10.0. The molecule has 0 aromatic heterocycles. The molecule has 0 unspecified atom stereocenters. The molecule has 0 spiro atoms. The molecule has 0 radical (unpaired) electrons. The van der Waals surface area contributed by atoms with Crippen molar-refractivity contribution in [3.8, 4) is 0 Å². The van der Waals surface area contributed by atoms with Gasteiger partial charge < -0.3 is 5.11 Å². The molecule has 0 saturated carbocycles. The average Bonchev–Trinajstić information content (AvgIpc) is 2.70. The number of hydrogen-bond donors (Lipinski definition) is 0. The van der Waals surface area contributed by atoms with Gasteiger partial charge in [-0.1, -0.05) is 42.0 Å². The van der Waals surface area contributed by atoms with Gasteiger partial charge in [-0.15, -0.1) is 0 Å². The van der Waals surface area contributed by atoms with Crippen LogP contribution in [0.25, 0.3) is 5.57 Å². The molecule has 0 N–H and O–H groups in total. The Morgan fingerprint density at radius 3 is 2.25 bits per heavy atom. The van der Waals surface area contributed by atoms with Crippen molar-refractivity contribution in [1.29, 1.82) is 0 Å². The molecule has 124 valence electrons. The summed E-state index contributed by atoms with van der Waals surface area (Å²) in [5.41, 5.74) is 4.76. The summed E-state index contributed by atoms with van der Waals surface area (Å²) in [5, 5.41) is 14.9. The Labute approximate surface area is 143 Å². The molecular weight excluding hydrogens is 298 g/mol. The summed E-state index contributed by atoms with van der Waals surface area (Å²) in [7, 11) is 5.68. The van der Waals surface area contributed by atoms with E-state index in [4.69, 9.17) is 4.99 Å². The molecule has 4 heteroatoms. The van der Waals surface area contributed by atoms with Gasteiger partial charge in [0.2, 0.25) is 0 Å². The number of hydrogen-bond acceptors (Lipinski definition) is 2. The number of nitrogens with zero attached hydrogens (tertiary/aromatic N) is 3. The van der Waals surface area contributed by atoms with Crippen molar-refractivity contribution in [2.45, 2.75) is 13.8 Å². The highest BCUT2D eigenvalue weighted by atomic mass is 16.3. The van der Waals surface area contributed by atoms with Gasteiger partial charge in [-0.3, -0.25) is 0 Å². The third-order valence-corrected chi connectivity index (χ3v) is 4.57. The minimum absolute atomic E-state index is 0.0488. The van der Waals surface area contributed by atoms with E-state index in [2.05, 4.69) is 0 Å². The van der Waals surface area contributed by atoms with Crippen molar-refractivity contribution in [2.75, 3.05) is 21.1 Å². The summed E-state index contributed by atoms with van der Waals surface area (Å²) in [6, 6.07) is 16.0.